The molecule has 0 aliphatic heterocycles. The van der Waals surface area contributed by atoms with Crippen LogP contribution < -0.4 is 26.0 Å². The Morgan fingerprint density at radius 2 is 1.79 bits per heavy atom. The van der Waals surface area contributed by atoms with Crippen LogP contribution in [0.2, 0.25) is 0 Å². The van der Waals surface area contributed by atoms with E-state index in [1.54, 1.807) is 31.5 Å². The number of amides is 2. The van der Waals surface area contributed by atoms with E-state index in [2.05, 4.69) is 36.2 Å². The maximum absolute atomic E-state index is 12.0. The van der Waals surface area contributed by atoms with Gasteiger partial charge in [0.1, 0.15) is 29.5 Å². The molecule has 29 heavy (non-hydrogen) atoms. The second kappa shape index (κ2) is 9.88. The lowest BCUT2D eigenvalue weighted by molar-refractivity contribution is 0.252. The van der Waals surface area contributed by atoms with Gasteiger partial charge < -0.3 is 26.0 Å². The Labute approximate surface area is 169 Å². The van der Waals surface area contributed by atoms with Crippen LogP contribution in [0.5, 0.6) is 5.75 Å². The van der Waals surface area contributed by atoms with Gasteiger partial charge in [0.25, 0.3) is 0 Å². The van der Waals surface area contributed by atoms with Crippen LogP contribution in [0.25, 0.3) is 0 Å². The van der Waals surface area contributed by atoms with E-state index >= 15 is 0 Å². The van der Waals surface area contributed by atoms with E-state index in [1.807, 2.05) is 31.2 Å². The first-order chi connectivity index (χ1) is 14.1. The predicted octanol–water partition coefficient (Wildman–Crippen LogP) is 3.17. The second-order valence-electron chi connectivity index (χ2n) is 6.14. The average molecular weight is 393 g/mol. The number of aromatic nitrogens is 3. The number of nitrogens with one attached hydrogen (secondary N) is 4. The zero-order valence-corrected chi connectivity index (χ0v) is 16.3. The number of anilines is 4. The second-order valence-corrected chi connectivity index (χ2v) is 6.14. The topological polar surface area (TPSA) is 113 Å². The number of methoxy groups -OCH3 is 1. The van der Waals surface area contributed by atoms with Gasteiger partial charge in [-0.1, -0.05) is 12.1 Å². The summed E-state index contributed by atoms with van der Waals surface area (Å²) in [7, 11) is 1.56. The van der Waals surface area contributed by atoms with Gasteiger partial charge in [-0.3, -0.25) is 0 Å². The van der Waals surface area contributed by atoms with Gasteiger partial charge in [-0.2, -0.15) is 0 Å². The Bertz CT molecular complexity index is 965. The number of benzene rings is 1. The number of urea groups is 1. The molecule has 0 aliphatic carbocycles. The molecule has 0 atom stereocenters. The first-order valence-electron chi connectivity index (χ1n) is 9.07. The van der Waals surface area contributed by atoms with Gasteiger partial charge in [0.05, 0.1) is 12.8 Å². The molecule has 0 saturated carbocycles. The molecular formula is C20H23N7O2. The molecule has 0 bridgehead atoms. The molecule has 0 saturated heterocycles. The lowest BCUT2D eigenvalue weighted by Gasteiger charge is -2.11. The highest BCUT2D eigenvalue weighted by molar-refractivity contribution is 5.90. The smallest absolute Gasteiger partial charge is 0.319 e. The van der Waals surface area contributed by atoms with Crippen molar-refractivity contribution in [2.45, 2.75) is 6.92 Å². The Hall–Kier alpha value is -3.88. The monoisotopic (exact) mass is 393 g/mol. The summed E-state index contributed by atoms with van der Waals surface area (Å²) in [6.45, 7) is 2.91. The third kappa shape index (κ3) is 6.06. The standard InChI is InChI=1S/C20H23N7O2/c1-14-7-8-21-18(11-14)27-19-12-17(24-13-25-19)22-9-10-23-20(28)26-15-5-3-4-6-16(15)29-2/h3-8,11-13H,9-10H2,1-2H3,(H2,23,26,28)(H2,21,22,24,25,27). The number of rotatable bonds is 8. The molecule has 0 unspecified atom stereocenters. The van der Waals surface area contributed by atoms with Crippen LogP contribution in [0.3, 0.4) is 0 Å². The highest BCUT2D eigenvalue weighted by atomic mass is 16.5. The van der Waals surface area contributed by atoms with Crippen LogP contribution in [0.4, 0.5) is 27.9 Å². The molecule has 9 heteroatoms. The molecule has 150 valence electrons. The van der Waals surface area contributed by atoms with Crippen molar-refractivity contribution in [1.82, 2.24) is 20.3 Å². The summed E-state index contributed by atoms with van der Waals surface area (Å²) in [5.74, 6) is 2.58. The van der Waals surface area contributed by atoms with Crippen molar-refractivity contribution in [3.05, 3.63) is 60.6 Å². The number of aryl methyl sites for hydroxylation is 1. The van der Waals surface area contributed by atoms with E-state index in [1.165, 1.54) is 6.33 Å². The molecule has 9 nitrogen and oxygen atoms in total. The molecule has 0 fully saturated rings. The van der Waals surface area contributed by atoms with E-state index in [-0.39, 0.29) is 6.03 Å². The fourth-order valence-corrected chi connectivity index (χ4v) is 2.54. The zero-order chi connectivity index (χ0) is 20.5. The lowest BCUT2D eigenvalue weighted by Crippen LogP contribution is -2.32. The fraction of sp³-hybridized carbons (Fsp3) is 0.200. The van der Waals surface area contributed by atoms with Crippen molar-refractivity contribution >= 4 is 29.2 Å². The Morgan fingerprint density at radius 1 is 1.00 bits per heavy atom. The molecule has 2 amide bonds. The Balaban J connectivity index is 1.45. The third-order valence-corrected chi connectivity index (χ3v) is 3.91. The highest BCUT2D eigenvalue weighted by Crippen LogP contribution is 2.22. The number of para-hydroxylation sites is 2. The van der Waals surface area contributed by atoms with Crippen LogP contribution in [0.15, 0.2) is 55.0 Å². The van der Waals surface area contributed by atoms with Gasteiger partial charge in [0.2, 0.25) is 0 Å². The van der Waals surface area contributed by atoms with Crippen molar-refractivity contribution in [3.63, 3.8) is 0 Å². The first-order valence-corrected chi connectivity index (χ1v) is 9.07. The number of carbonyl (C=O) groups excluding carboxylic acids is 1. The third-order valence-electron chi connectivity index (χ3n) is 3.91. The molecule has 2 heterocycles. The van der Waals surface area contributed by atoms with Crippen LogP contribution >= 0.6 is 0 Å². The number of hydrogen-bond acceptors (Lipinski definition) is 7. The van der Waals surface area contributed by atoms with Gasteiger partial charge in [-0.05, 0) is 36.8 Å². The summed E-state index contributed by atoms with van der Waals surface area (Å²) in [6, 6.07) is 12.5. The molecule has 2 aromatic heterocycles. The summed E-state index contributed by atoms with van der Waals surface area (Å²) in [5.41, 5.74) is 1.71. The zero-order valence-electron chi connectivity index (χ0n) is 16.3. The minimum Gasteiger partial charge on any atom is -0.495 e. The summed E-state index contributed by atoms with van der Waals surface area (Å²) in [6.07, 6.45) is 3.20. The van der Waals surface area contributed by atoms with E-state index in [9.17, 15) is 4.79 Å². The van der Waals surface area contributed by atoms with Crippen LogP contribution in [-0.4, -0.2) is 41.2 Å². The molecule has 0 radical (unpaired) electrons. The van der Waals surface area contributed by atoms with Gasteiger partial charge in [0, 0.05) is 25.4 Å². The summed E-state index contributed by atoms with van der Waals surface area (Å²) in [5, 5.41) is 11.8. The number of carbonyl (C=O) groups is 1. The fourth-order valence-electron chi connectivity index (χ4n) is 2.54. The Morgan fingerprint density at radius 3 is 2.62 bits per heavy atom. The molecule has 0 aliphatic rings. The van der Waals surface area contributed by atoms with Crippen LogP contribution in [0, 0.1) is 6.92 Å². The summed E-state index contributed by atoms with van der Waals surface area (Å²) >= 11 is 0. The predicted molar refractivity (Wildman–Crippen MR) is 113 cm³/mol. The normalized spacial score (nSPS) is 10.1. The van der Waals surface area contributed by atoms with Crippen molar-refractivity contribution in [1.29, 1.82) is 0 Å². The number of nitrogens with zero attached hydrogens (tertiary/aromatic N) is 3. The van der Waals surface area contributed by atoms with Crippen molar-refractivity contribution in [3.8, 4) is 5.75 Å². The molecule has 3 aromatic rings. The number of hydrogen-bond donors (Lipinski definition) is 4. The molecular weight excluding hydrogens is 370 g/mol. The maximum Gasteiger partial charge on any atom is 0.319 e. The van der Waals surface area contributed by atoms with E-state index in [0.29, 0.717) is 42.0 Å². The van der Waals surface area contributed by atoms with Crippen molar-refractivity contribution in [2.24, 2.45) is 0 Å². The van der Waals surface area contributed by atoms with Gasteiger partial charge in [-0.15, -0.1) is 0 Å². The Kier molecular flexibility index (Phi) is 6.77. The van der Waals surface area contributed by atoms with Crippen LogP contribution in [-0.2, 0) is 0 Å². The minimum absolute atomic E-state index is 0.313. The van der Waals surface area contributed by atoms with Gasteiger partial charge >= 0.3 is 6.03 Å². The van der Waals surface area contributed by atoms with Crippen molar-refractivity contribution < 1.29 is 9.53 Å². The minimum atomic E-state index is -0.313. The maximum atomic E-state index is 12.0. The van der Waals surface area contributed by atoms with Crippen LogP contribution in [0.1, 0.15) is 5.56 Å². The van der Waals surface area contributed by atoms with E-state index < -0.39 is 0 Å². The largest absolute Gasteiger partial charge is 0.495 e. The average Bonchev–Trinajstić information content (AvgIpc) is 2.72. The summed E-state index contributed by atoms with van der Waals surface area (Å²) in [4.78, 5) is 24.6. The quantitative estimate of drug-likeness (QED) is 0.435. The molecule has 4 N–H and O–H groups in total. The van der Waals surface area contributed by atoms with E-state index in [4.69, 9.17) is 4.74 Å². The SMILES string of the molecule is COc1ccccc1NC(=O)NCCNc1cc(Nc2cc(C)ccn2)ncn1. The number of ether oxygens (including phenoxy) is 1. The van der Waals surface area contributed by atoms with Crippen molar-refractivity contribution in [2.75, 3.05) is 36.1 Å². The molecule has 3 rings (SSSR count). The number of pyridine rings is 1. The lowest BCUT2D eigenvalue weighted by atomic mass is 10.3. The van der Waals surface area contributed by atoms with Gasteiger partial charge in [-0.25, -0.2) is 19.7 Å². The van der Waals surface area contributed by atoms with E-state index in [0.717, 1.165) is 5.56 Å². The molecule has 1 aromatic carbocycles. The summed E-state index contributed by atoms with van der Waals surface area (Å²) < 4.78 is 5.21. The first kappa shape index (κ1) is 19.9. The van der Waals surface area contributed by atoms with Gasteiger partial charge in [0.15, 0.2) is 0 Å². The molecule has 0 spiro atoms. The highest BCUT2D eigenvalue weighted by Gasteiger charge is 2.06.